The average Bonchev–Trinajstić information content (AvgIpc) is 2.75. The van der Waals surface area contributed by atoms with Gasteiger partial charge in [0.25, 0.3) is 0 Å². The van der Waals surface area contributed by atoms with E-state index < -0.39 is 19.7 Å². The summed E-state index contributed by atoms with van der Waals surface area (Å²) in [4.78, 5) is 1.89. The smallest absolute Gasteiger partial charge is 0.153 e. The normalized spacial score (nSPS) is 41.2. The fraction of sp³-hybridized carbons (Fsp3) is 0.889. The minimum absolute atomic E-state index is 0.00851. The Balaban J connectivity index is 1.86. The highest BCUT2D eigenvalue weighted by Gasteiger charge is 2.51. The molecule has 0 aromatic heterocycles. The second-order valence-electron chi connectivity index (χ2n) is 5.03. The topological polar surface area (TPSA) is 71.5 Å². The van der Waals surface area contributed by atoms with Gasteiger partial charge in [0, 0.05) is 11.3 Å². The largest absolute Gasteiger partial charge is 0.348 e. The Morgan fingerprint density at radius 1 is 1.11 bits per heavy atom. The average molecular weight is 327 g/mol. The molecule has 3 saturated heterocycles. The van der Waals surface area contributed by atoms with Gasteiger partial charge >= 0.3 is 0 Å². The molecule has 0 radical (unpaired) electrons. The van der Waals surface area contributed by atoms with Crippen molar-refractivity contribution in [3.05, 3.63) is 0 Å². The summed E-state index contributed by atoms with van der Waals surface area (Å²) in [5.74, 6) is 0.572. The zero-order chi connectivity index (χ0) is 13.1. The zero-order valence-corrected chi connectivity index (χ0v) is 12.7. The third-order valence-corrected chi connectivity index (χ3v) is 9.07. The maximum absolute atomic E-state index is 11.6. The van der Waals surface area contributed by atoms with Crippen LogP contribution in [0.1, 0.15) is 6.42 Å². The molecule has 0 aliphatic carbocycles. The van der Waals surface area contributed by atoms with E-state index in [-0.39, 0.29) is 40.3 Å². The maximum atomic E-state index is 11.6. The van der Waals surface area contributed by atoms with Crippen LogP contribution in [0.3, 0.4) is 0 Å². The summed E-state index contributed by atoms with van der Waals surface area (Å²) in [6, 6.07) is -0.246. The SMILES string of the molecule is O=S1(=O)CCC(N2C(=S)S[C@H]3CS(=O)(=O)C[C@H]32)C1. The molecular formula is C9H13NO4S4. The van der Waals surface area contributed by atoms with Gasteiger partial charge in [-0.05, 0) is 6.42 Å². The van der Waals surface area contributed by atoms with Gasteiger partial charge in [-0.15, -0.1) is 0 Å². The molecule has 0 aromatic carbocycles. The van der Waals surface area contributed by atoms with Gasteiger partial charge < -0.3 is 4.90 Å². The van der Waals surface area contributed by atoms with Crippen LogP contribution in [-0.2, 0) is 19.7 Å². The summed E-state index contributed by atoms with van der Waals surface area (Å²) in [5.41, 5.74) is 0. The molecule has 0 amide bonds. The number of rotatable bonds is 1. The molecule has 5 nitrogen and oxygen atoms in total. The zero-order valence-electron chi connectivity index (χ0n) is 9.48. The molecule has 0 saturated carbocycles. The van der Waals surface area contributed by atoms with Gasteiger partial charge in [-0.2, -0.15) is 0 Å². The third kappa shape index (κ3) is 2.19. The van der Waals surface area contributed by atoms with Gasteiger partial charge in [0.05, 0.1) is 29.1 Å². The highest BCUT2D eigenvalue weighted by atomic mass is 32.2. The van der Waals surface area contributed by atoms with Crippen molar-refractivity contribution < 1.29 is 16.8 Å². The van der Waals surface area contributed by atoms with E-state index in [0.29, 0.717) is 10.7 Å². The first kappa shape index (κ1) is 13.1. The van der Waals surface area contributed by atoms with E-state index in [1.54, 1.807) is 0 Å². The summed E-state index contributed by atoms with van der Waals surface area (Å²) in [6.45, 7) is 0. The molecule has 3 rings (SSSR count). The number of fused-ring (bicyclic) bond motifs is 1. The van der Waals surface area contributed by atoms with Crippen molar-refractivity contribution in [1.82, 2.24) is 4.90 Å². The van der Waals surface area contributed by atoms with Crippen molar-refractivity contribution in [2.75, 3.05) is 23.0 Å². The van der Waals surface area contributed by atoms with E-state index >= 15 is 0 Å². The predicted molar refractivity (Wildman–Crippen MR) is 75.3 cm³/mol. The van der Waals surface area contributed by atoms with Gasteiger partial charge in [0.1, 0.15) is 4.32 Å². The lowest BCUT2D eigenvalue weighted by molar-refractivity contribution is 0.292. The first-order valence-corrected chi connectivity index (χ1v) is 10.6. The van der Waals surface area contributed by atoms with E-state index in [2.05, 4.69) is 0 Å². The number of nitrogens with zero attached hydrogens (tertiary/aromatic N) is 1. The molecule has 102 valence electrons. The van der Waals surface area contributed by atoms with E-state index in [1.165, 1.54) is 11.8 Å². The minimum atomic E-state index is -2.99. The highest BCUT2D eigenvalue weighted by molar-refractivity contribution is 8.24. The molecule has 9 heteroatoms. The molecule has 0 bridgehead atoms. The van der Waals surface area contributed by atoms with Crippen molar-refractivity contribution >= 4 is 48.0 Å². The van der Waals surface area contributed by atoms with Crippen LogP contribution in [0.5, 0.6) is 0 Å². The lowest BCUT2D eigenvalue weighted by atomic mass is 10.1. The molecular weight excluding hydrogens is 314 g/mol. The third-order valence-electron chi connectivity index (χ3n) is 3.69. The summed E-state index contributed by atoms with van der Waals surface area (Å²) in [6.07, 6.45) is 0.562. The minimum Gasteiger partial charge on any atom is -0.348 e. The Labute approximate surface area is 116 Å². The van der Waals surface area contributed by atoms with Crippen molar-refractivity contribution in [2.45, 2.75) is 23.8 Å². The van der Waals surface area contributed by atoms with Crippen LogP contribution < -0.4 is 0 Å². The molecule has 3 atom stereocenters. The van der Waals surface area contributed by atoms with E-state index in [0.717, 1.165) is 0 Å². The van der Waals surface area contributed by atoms with Crippen LogP contribution in [0.15, 0.2) is 0 Å². The van der Waals surface area contributed by atoms with Gasteiger partial charge in [-0.25, -0.2) is 16.8 Å². The predicted octanol–water partition coefficient (Wildman–Crippen LogP) is -0.327. The Morgan fingerprint density at radius 3 is 2.44 bits per heavy atom. The standard InChI is InChI=1S/C9H13NO4S4/c11-17(12)2-1-6(3-17)10-7-4-18(13,14)5-8(7)16-9(10)15/h6-8H,1-5H2/t6?,7-,8+/m1/s1. The number of sulfone groups is 2. The Morgan fingerprint density at radius 2 is 1.83 bits per heavy atom. The highest BCUT2D eigenvalue weighted by Crippen LogP contribution is 2.40. The lowest BCUT2D eigenvalue weighted by Gasteiger charge is -2.29. The Hall–Kier alpha value is 0.140. The first-order valence-electron chi connectivity index (χ1n) is 5.67. The van der Waals surface area contributed by atoms with E-state index in [1.807, 2.05) is 4.90 Å². The van der Waals surface area contributed by atoms with Crippen molar-refractivity contribution in [2.24, 2.45) is 0 Å². The number of thiocarbonyl (C=S) groups is 1. The molecule has 0 N–H and O–H groups in total. The summed E-state index contributed by atoms with van der Waals surface area (Å²) < 4.78 is 47.0. The van der Waals surface area contributed by atoms with Gasteiger partial charge in [0.2, 0.25) is 0 Å². The molecule has 0 aromatic rings. The molecule has 3 aliphatic heterocycles. The van der Waals surface area contributed by atoms with Gasteiger partial charge in [-0.3, -0.25) is 0 Å². The van der Waals surface area contributed by atoms with Crippen LogP contribution in [0.25, 0.3) is 0 Å². The quantitative estimate of drug-likeness (QED) is 0.611. The molecule has 18 heavy (non-hydrogen) atoms. The van der Waals surface area contributed by atoms with Gasteiger partial charge in [0.15, 0.2) is 19.7 Å². The van der Waals surface area contributed by atoms with Crippen molar-refractivity contribution in [1.29, 1.82) is 0 Å². The monoisotopic (exact) mass is 327 g/mol. The maximum Gasteiger partial charge on any atom is 0.153 e. The molecule has 0 spiro atoms. The molecule has 1 unspecified atom stereocenters. The second kappa shape index (κ2) is 4.07. The van der Waals surface area contributed by atoms with Gasteiger partial charge in [-0.1, -0.05) is 24.0 Å². The Bertz CT molecular complexity index is 596. The van der Waals surface area contributed by atoms with Crippen molar-refractivity contribution in [3.8, 4) is 0 Å². The Kier molecular flexibility index (Phi) is 2.97. The summed E-state index contributed by atoms with van der Waals surface area (Å²) in [7, 11) is -5.97. The summed E-state index contributed by atoms with van der Waals surface area (Å²) >= 11 is 6.70. The number of hydrogen-bond donors (Lipinski definition) is 0. The van der Waals surface area contributed by atoms with Crippen LogP contribution in [0.4, 0.5) is 0 Å². The number of thioether (sulfide) groups is 1. The fourth-order valence-electron chi connectivity index (χ4n) is 2.91. The molecule has 3 heterocycles. The van der Waals surface area contributed by atoms with Crippen LogP contribution in [0.2, 0.25) is 0 Å². The number of hydrogen-bond acceptors (Lipinski definition) is 6. The van der Waals surface area contributed by atoms with Crippen LogP contribution in [0, 0.1) is 0 Å². The fourth-order valence-corrected chi connectivity index (χ4v) is 9.11. The van der Waals surface area contributed by atoms with Crippen LogP contribution >= 0.6 is 24.0 Å². The second-order valence-corrected chi connectivity index (χ2v) is 11.3. The lowest BCUT2D eigenvalue weighted by Crippen LogP contribution is -2.44. The molecule has 3 aliphatic rings. The summed E-state index contributed by atoms with van der Waals surface area (Å²) in [5, 5.41) is -0.00851. The molecule has 3 fully saturated rings. The van der Waals surface area contributed by atoms with E-state index in [9.17, 15) is 16.8 Å². The van der Waals surface area contributed by atoms with E-state index in [4.69, 9.17) is 12.2 Å². The van der Waals surface area contributed by atoms with Crippen LogP contribution in [-0.4, -0.2) is 66.4 Å². The van der Waals surface area contributed by atoms with Crippen molar-refractivity contribution in [3.63, 3.8) is 0 Å². The first-order chi connectivity index (χ1) is 8.27.